The van der Waals surface area contributed by atoms with Gasteiger partial charge < -0.3 is 5.32 Å². The van der Waals surface area contributed by atoms with Crippen molar-refractivity contribution in [3.8, 4) is 0 Å². The average Bonchev–Trinajstić information content (AvgIpc) is 2.91. The van der Waals surface area contributed by atoms with Gasteiger partial charge in [-0.2, -0.15) is 0 Å². The molecule has 2 aromatic carbocycles. The second-order valence-electron chi connectivity index (χ2n) is 7.03. The molecule has 1 aliphatic carbocycles. The highest BCUT2D eigenvalue weighted by atomic mass is 35.5. The second kappa shape index (κ2) is 9.43. The van der Waals surface area contributed by atoms with Gasteiger partial charge in [0.2, 0.25) is 10.0 Å². The summed E-state index contributed by atoms with van der Waals surface area (Å²) in [6.07, 6.45) is 5.69. The van der Waals surface area contributed by atoms with Crippen molar-refractivity contribution in [2.75, 3.05) is 5.32 Å². The van der Waals surface area contributed by atoms with E-state index >= 15 is 0 Å². The van der Waals surface area contributed by atoms with Crippen molar-refractivity contribution in [1.82, 2.24) is 4.72 Å². The van der Waals surface area contributed by atoms with Gasteiger partial charge in [-0.15, -0.1) is 0 Å². The van der Waals surface area contributed by atoms with Crippen LogP contribution in [-0.2, 0) is 10.0 Å². The molecule has 2 aromatic rings. The highest BCUT2D eigenvalue weighted by Gasteiger charge is 2.22. The minimum Gasteiger partial charge on any atom is -0.319 e. The van der Waals surface area contributed by atoms with Gasteiger partial charge in [0.15, 0.2) is 0 Å². The number of hydrogen-bond acceptors (Lipinski definition) is 3. The molecule has 1 amide bonds. The summed E-state index contributed by atoms with van der Waals surface area (Å²) in [5, 5.41) is 2.89. The molecule has 0 spiro atoms. The zero-order valence-corrected chi connectivity index (χ0v) is 17.9. The van der Waals surface area contributed by atoms with E-state index in [-0.39, 0.29) is 27.2 Å². The fourth-order valence-corrected chi connectivity index (χ4v) is 5.12. The van der Waals surface area contributed by atoms with Gasteiger partial charge in [-0.25, -0.2) is 17.5 Å². The quantitative estimate of drug-likeness (QED) is 0.589. The maximum atomic E-state index is 14.5. The first kappa shape index (κ1) is 22.0. The van der Waals surface area contributed by atoms with Gasteiger partial charge in [0.1, 0.15) is 5.82 Å². The third-order valence-electron chi connectivity index (χ3n) is 4.85. The maximum absolute atomic E-state index is 14.5. The van der Waals surface area contributed by atoms with Crippen LogP contribution in [0.25, 0.3) is 0 Å². The summed E-state index contributed by atoms with van der Waals surface area (Å²) in [4.78, 5) is 12.2. The van der Waals surface area contributed by atoms with E-state index < -0.39 is 21.7 Å². The number of hydrogen-bond donors (Lipinski definition) is 2. The first-order valence-electron chi connectivity index (χ1n) is 9.34. The number of carbonyl (C=O) groups excluding carboxylic acids is 1. The summed E-state index contributed by atoms with van der Waals surface area (Å²) in [7, 11) is -3.85. The fourth-order valence-electron chi connectivity index (χ4n) is 3.31. The molecular weight excluding hydrogens is 438 g/mol. The summed E-state index contributed by atoms with van der Waals surface area (Å²) in [6.45, 7) is 0. The lowest BCUT2D eigenvalue weighted by atomic mass is 10.1. The van der Waals surface area contributed by atoms with Crippen LogP contribution in [0.5, 0.6) is 0 Å². The summed E-state index contributed by atoms with van der Waals surface area (Å²) < 4.78 is 42.4. The molecule has 9 heteroatoms. The summed E-state index contributed by atoms with van der Waals surface area (Å²) in [6, 6.07) is 7.57. The lowest BCUT2D eigenvalue weighted by molar-refractivity contribution is 0.102. The summed E-state index contributed by atoms with van der Waals surface area (Å²) in [5.74, 6) is -1.48. The number of amides is 1. The van der Waals surface area contributed by atoms with E-state index in [2.05, 4.69) is 10.0 Å². The molecule has 0 unspecified atom stereocenters. The minimum atomic E-state index is -3.85. The van der Waals surface area contributed by atoms with Crippen LogP contribution in [0.15, 0.2) is 41.3 Å². The predicted octanol–water partition coefficient (Wildman–Crippen LogP) is 5.39. The van der Waals surface area contributed by atoms with Gasteiger partial charge in [-0.3, -0.25) is 4.79 Å². The van der Waals surface area contributed by atoms with E-state index in [0.29, 0.717) is 5.02 Å². The van der Waals surface area contributed by atoms with Crippen LogP contribution in [0, 0.1) is 5.82 Å². The monoisotopic (exact) mass is 458 g/mol. The van der Waals surface area contributed by atoms with Gasteiger partial charge in [-0.05, 0) is 49.2 Å². The second-order valence-corrected chi connectivity index (χ2v) is 9.59. The molecule has 1 fully saturated rings. The van der Waals surface area contributed by atoms with Crippen LogP contribution in [0.1, 0.15) is 48.9 Å². The van der Waals surface area contributed by atoms with Crippen molar-refractivity contribution in [1.29, 1.82) is 0 Å². The van der Waals surface area contributed by atoms with Crippen LogP contribution < -0.4 is 10.0 Å². The Morgan fingerprint density at radius 2 is 1.69 bits per heavy atom. The van der Waals surface area contributed by atoms with Crippen molar-refractivity contribution in [3.63, 3.8) is 0 Å². The van der Waals surface area contributed by atoms with Crippen molar-refractivity contribution >= 4 is 44.8 Å². The Morgan fingerprint density at radius 3 is 2.31 bits per heavy atom. The SMILES string of the molecule is O=C(Nc1ccc(S(=O)(=O)NC2CCCCCC2)cc1F)c1ccc(Cl)cc1Cl. The maximum Gasteiger partial charge on any atom is 0.257 e. The third-order valence-corrected chi connectivity index (χ3v) is 6.92. The molecule has 0 heterocycles. The number of sulfonamides is 1. The molecule has 29 heavy (non-hydrogen) atoms. The molecule has 1 saturated carbocycles. The van der Waals surface area contributed by atoms with Crippen LogP contribution in [0.2, 0.25) is 10.0 Å². The molecule has 156 valence electrons. The van der Waals surface area contributed by atoms with Crippen molar-refractivity contribution in [3.05, 3.63) is 57.8 Å². The molecular formula is C20H21Cl2FN2O3S. The number of anilines is 1. The third kappa shape index (κ3) is 5.69. The van der Waals surface area contributed by atoms with Crippen LogP contribution in [0.3, 0.4) is 0 Å². The zero-order valence-electron chi connectivity index (χ0n) is 15.6. The van der Waals surface area contributed by atoms with Crippen LogP contribution in [-0.4, -0.2) is 20.4 Å². The zero-order chi connectivity index (χ0) is 21.0. The average molecular weight is 459 g/mol. The summed E-state index contributed by atoms with van der Waals surface area (Å²) >= 11 is 11.8. The lowest BCUT2D eigenvalue weighted by Crippen LogP contribution is -2.34. The first-order chi connectivity index (χ1) is 13.8. The van der Waals surface area contributed by atoms with E-state index in [0.717, 1.165) is 44.6 Å². The van der Waals surface area contributed by atoms with Gasteiger partial charge in [0.25, 0.3) is 5.91 Å². The molecule has 0 saturated heterocycles. The number of benzene rings is 2. The fraction of sp³-hybridized carbons (Fsp3) is 0.350. The molecule has 0 aromatic heterocycles. The van der Waals surface area contributed by atoms with E-state index in [1.165, 1.54) is 30.3 Å². The smallest absolute Gasteiger partial charge is 0.257 e. The van der Waals surface area contributed by atoms with Crippen LogP contribution in [0.4, 0.5) is 10.1 Å². The Bertz CT molecular complexity index is 1010. The molecule has 1 aliphatic rings. The highest BCUT2D eigenvalue weighted by Crippen LogP contribution is 2.25. The number of rotatable bonds is 5. The van der Waals surface area contributed by atoms with Crippen molar-refractivity contribution in [2.45, 2.75) is 49.5 Å². The van der Waals surface area contributed by atoms with Crippen molar-refractivity contribution < 1.29 is 17.6 Å². The normalized spacial score (nSPS) is 15.7. The Labute approximate surface area is 179 Å². The molecule has 0 aliphatic heterocycles. The van der Waals surface area contributed by atoms with Gasteiger partial charge in [-0.1, -0.05) is 48.9 Å². The molecule has 0 radical (unpaired) electrons. The Balaban J connectivity index is 1.74. The van der Waals surface area contributed by atoms with E-state index in [4.69, 9.17) is 23.2 Å². The number of nitrogens with one attached hydrogen (secondary N) is 2. The van der Waals surface area contributed by atoms with Gasteiger partial charge >= 0.3 is 0 Å². The topological polar surface area (TPSA) is 75.3 Å². The predicted molar refractivity (Wildman–Crippen MR) is 113 cm³/mol. The molecule has 5 nitrogen and oxygen atoms in total. The van der Waals surface area contributed by atoms with E-state index in [1.54, 1.807) is 0 Å². The molecule has 0 atom stereocenters. The van der Waals surface area contributed by atoms with E-state index in [1.807, 2.05) is 0 Å². The van der Waals surface area contributed by atoms with Crippen molar-refractivity contribution in [2.24, 2.45) is 0 Å². The van der Waals surface area contributed by atoms with Gasteiger partial charge in [0.05, 0.1) is 21.2 Å². The lowest BCUT2D eigenvalue weighted by Gasteiger charge is -2.17. The van der Waals surface area contributed by atoms with E-state index in [9.17, 15) is 17.6 Å². The first-order valence-corrected chi connectivity index (χ1v) is 11.6. The number of halogens is 3. The highest BCUT2D eigenvalue weighted by molar-refractivity contribution is 7.89. The van der Waals surface area contributed by atoms with Gasteiger partial charge in [0, 0.05) is 11.1 Å². The Kier molecular flexibility index (Phi) is 7.16. The minimum absolute atomic E-state index is 0.127. The van der Waals surface area contributed by atoms with Crippen LogP contribution >= 0.6 is 23.2 Å². The largest absolute Gasteiger partial charge is 0.319 e. The summed E-state index contributed by atoms with van der Waals surface area (Å²) in [5.41, 5.74) is -0.0170. The molecule has 2 N–H and O–H groups in total. The Hall–Kier alpha value is -1.67. The Morgan fingerprint density at radius 1 is 1.00 bits per heavy atom. The number of carbonyl (C=O) groups is 1. The molecule has 0 bridgehead atoms. The molecule has 3 rings (SSSR count). The standard InChI is InChI=1S/C20H21Cl2FN2O3S/c21-13-7-9-16(17(22)11-13)20(26)24-19-10-8-15(12-18(19)23)29(27,28)25-14-5-3-1-2-4-6-14/h7-12,14,25H,1-6H2,(H,24,26).